The van der Waals surface area contributed by atoms with Crippen molar-refractivity contribution in [1.29, 1.82) is 0 Å². The Morgan fingerprint density at radius 2 is 1.69 bits per heavy atom. The molecule has 0 aliphatic heterocycles. The Hall–Kier alpha value is -3.07. The van der Waals surface area contributed by atoms with Crippen molar-refractivity contribution in [3.8, 4) is 5.75 Å². The van der Waals surface area contributed by atoms with Crippen LogP contribution in [0.5, 0.6) is 5.75 Å². The van der Waals surface area contributed by atoms with Crippen LogP contribution in [0.3, 0.4) is 0 Å². The highest BCUT2D eigenvalue weighted by atomic mass is 32.2. The Balaban J connectivity index is 1.88. The summed E-state index contributed by atoms with van der Waals surface area (Å²) in [6.07, 6.45) is 5.10. The van der Waals surface area contributed by atoms with Gasteiger partial charge in [0.1, 0.15) is 18.3 Å². The van der Waals surface area contributed by atoms with Crippen LogP contribution >= 0.6 is 0 Å². The number of nitrogens with one attached hydrogen (secondary N) is 1. The molecule has 1 aliphatic carbocycles. The number of ether oxygens (including phenoxy) is 1. The number of amides is 2. The standard InChI is InChI=1S/C27H37N3O5S/c1-19-10-13-24(16-20(19)2)30(36(5,33)34)18-26(31)29(17-22-11-14-25(35-4)15-12-22)21(3)27(32)28-23-8-6-7-9-23/h10-16,21,23H,6-9,17-18H2,1-5H3,(H,28,32)/t21-/m1/s1. The van der Waals surface area contributed by atoms with Crippen molar-refractivity contribution < 1.29 is 22.7 Å². The van der Waals surface area contributed by atoms with Crippen LogP contribution in [0, 0.1) is 13.8 Å². The number of rotatable bonds is 10. The number of hydrogen-bond donors (Lipinski definition) is 1. The summed E-state index contributed by atoms with van der Waals surface area (Å²) in [6, 6.07) is 11.9. The van der Waals surface area contributed by atoms with Gasteiger partial charge in [0.05, 0.1) is 19.1 Å². The number of nitrogens with zero attached hydrogens (tertiary/aromatic N) is 2. The lowest BCUT2D eigenvalue weighted by Gasteiger charge is -2.32. The predicted molar refractivity (Wildman–Crippen MR) is 142 cm³/mol. The molecule has 0 aromatic heterocycles. The van der Waals surface area contributed by atoms with Gasteiger partial charge in [-0.3, -0.25) is 13.9 Å². The van der Waals surface area contributed by atoms with Crippen molar-refractivity contribution in [1.82, 2.24) is 10.2 Å². The van der Waals surface area contributed by atoms with Gasteiger partial charge in [-0.05, 0) is 74.6 Å². The van der Waals surface area contributed by atoms with Gasteiger partial charge >= 0.3 is 0 Å². The van der Waals surface area contributed by atoms with Crippen LogP contribution in [0.2, 0.25) is 0 Å². The molecular weight excluding hydrogens is 478 g/mol. The molecule has 0 radical (unpaired) electrons. The summed E-state index contributed by atoms with van der Waals surface area (Å²) in [5, 5.41) is 3.06. The maximum atomic E-state index is 13.7. The third kappa shape index (κ3) is 7.00. The van der Waals surface area contributed by atoms with Crippen LogP contribution in [-0.4, -0.2) is 57.1 Å². The third-order valence-electron chi connectivity index (χ3n) is 6.84. The Bertz CT molecular complexity index is 1170. The highest BCUT2D eigenvalue weighted by Gasteiger charge is 2.31. The van der Waals surface area contributed by atoms with E-state index in [1.807, 2.05) is 32.0 Å². The molecule has 0 saturated heterocycles. The van der Waals surface area contributed by atoms with Crippen LogP contribution in [-0.2, 0) is 26.2 Å². The minimum Gasteiger partial charge on any atom is -0.497 e. The molecule has 2 aromatic rings. The molecule has 2 aromatic carbocycles. The van der Waals surface area contributed by atoms with Crippen molar-refractivity contribution in [3.05, 3.63) is 59.2 Å². The molecule has 0 heterocycles. The number of methoxy groups -OCH3 is 1. The van der Waals surface area contributed by atoms with Crippen molar-refractivity contribution in [2.75, 3.05) is 24.2 Å². The van der Waals surface area contributed by atoms with E-state index in [2.05, 4.69) is 5.32 Å². The van der Waals surface area contributed by atoms with E-state index >= 15 is 0 Å². The topological polar surface area (TPSA) is 96.0 Å². The first kappa shape index (κ1) is 27.5. The van der Waals surface area contributed by atoms with Gasteiger partial charge in [0.25, 0.3) is 0 Å². The fraction of sp³-hybridized carbons (Fsp3) is 0.481. The molecule has 1 fully saturated rings. The lowest BCUT2D eigenvalue weighted by atomic mass is 10.1. The number of sulfonamides is 1. The molecule has 8 nitrogen and oxygen atoms in total. The van der Waals surface area contributed by atoms with E-state index in [0.29, 0.717) is 11.4 Å². The normalized spacial score (nSPS) is 14.8. The summed E-state index contributed by atoms with van der Waals surface area (Å²) in [7, 11) is -2.18. The Kier molecular flexibility index (Phi) is 9.00. The summed E-state index contributed by atoms with van der Waals surface area (Å²) in [5.41, 5.74) is 3.17. The smallest absolute Gasteiger partial charge is 0.244 e. The molecule has 2 amide bonds. The van der Waals surface area contributed by atoms with Crippen molar-refractivity contribution in [2.24, 2.45) is 0 Å². The van der Waals surface area contributed by atoms with Crippen LogP contribution in [0.4, 0.5) is 5.69 Å². The zero-order valence-electron chi connectivity index (χ0n) is 21.8. The van der Waals surface area contributed by atoms with Crippen LogP contribution in [0.1, 0.15) is 49.3 Å². The fourth-order valence-electron chi connectivity index (χ4n) is 4.40. The van der Waals surface area contributed by atoms with Gasteiger partial charge in [-0.2, -0.15) is 0 Å². The van der Waals surface area contributed by atoms with E-state index < -0.39 is 28.5 Å². The van der Waals surface area contributed by atoms with Crippen LogP contribution in [0.15, 0.2) is 42.5 Å². The van der Waals surface area contributed by atoms with E-state index in [-0.39, 0.29) is 18.5 Å². The first-order chi connectivity index (χ1) is 17.0. The summed E-state index contributed by atoms with van der Waals surface area (Å²) >= 11 is 0. The van der Waals surface area contributed by atoms with Gasteiger partial charge in [-0.15, -0.1) is 0 Å². The van der Waals surface area contributed by atoms with Gasteiger partial charge < -0.3 is 15.0 Å². The monoisotopic (exact) mass is 515 g/mol. The maximum absolute atomic E-state index is 13.7. The van der Waals surface area contributed by atoms with E-state index in [4.69, 9.17) is 4.74 Å². The lowest BCUT2D eigenvalue weighted by Crippen LogP contribution is -2.52. The number of benzene rings is 2. The Morgan fingerprint density at radius 1 is 1.06 bits per heavy atom. The third-order valence-corrected chi connectivity index (χ3v) is 7.98. The largest absolute Gasteiger partial charge is 0.497 e. The molecule has 0 spiro atoms. The molecule has 1 saturated carbocycles. The van der Waals surface area contributed by atoms with E-state index in [1.54, 1.807) is 38.3 Å². The van der Waals surface area contributed by atoms with Gasteiger partial charge in [-0.25, -0.2) is 8.42 Å². The van der Waals surface area contributed by atoms with Gasteiger partial charge in [0.15, 0.2) is 0 Å². The molecule has 9 heteroatoms. The molecular formula is C27H37N3O5S. The second-order valence-corrected chi connectivity index (χ2v) is 11.5. The second-order valence-electron chi connectivity index (χ2n) is 9.57. The maximum Gasteiger partial charge on any atom is 0.244 e. The van der Waals surface area contributed by atoms with Crippen molar-refractivity contribution in [3.63, 3.8) is 0 Å². The Labute approximate surface area is 214 Å². The lowest BCUT2D eigenvalue weighted by molar-refractivity contribution is -0.139. The van der Waals surface area contributed by atoms with Gasteiger partial charge in [0.2, 0.25) is 21.8 Å². The van der Waals surface area contributed by atoms with Crippen LogP contribution < -0.4 is 14.4 Å². The minimum absolute atomic E-state index is 0.112. The molecule has 1 aliphatic rings. The van der Waals surface area contributed by atoms with E-state index in [1.165, 1.54) is 4.90 Å². The van der Waals surface area contributed by atoms with Crippen molar-refractivity contribution in [2.45, 2.75) is 65.1 Å². The average molecular weight is 516 g/mol. The first-order valence-electron chi connectivity index (χ1n) is 12.3. The zero-order chi connectivity index (χ0) is 26.5. The minimum atomic E-state index is -3.75. The summed E-state index contributed by atoms with van der Waals surface area (Å²) < 4.78 is 31.7. The highest BCUT2D eigenvalue weighted by Crippen LogP contribution is 2.23. The SMILES string of the molecule is COc1ccc(CN(C(=O)CN(c2ccc(C)c(C)c2)S(C)(=O)=O)[C@H](C)C(=O)NC2CCCC2)cc1. The summed E-state index contributed by atoms with van der Waals surface area (Å²) in [6.45, 7) is 5.28. The number of aryl methyl sites for hydroxylation is 2. The number of carbonyl (C=O) groups excluding carboxylic acids is 2. The zero-order valence-corrected chi connectivity index (χ0v) is 22.6. The molecule has 196 valence electrons. The van der Waals surface area contributed by atoms with Gasteiger partial charge in [0, 0.05) is 12.6 Å². The first-order valence-corrected chi connectivity index (χ1v) is 14.1. The fourth-order valence-corrected chi connectivity index (χ4v) is 5.24. The molecule has 3 rings (SSSR count). The highest BCUT2D eigenvalue weighted by molar-refractivity contribution is 7.92. The van der Waals surface area contributed by atoms with Gasteiger partial charge in [-0.1, -0.05) is 31.0 Å². The number of carbonyl (C=O) groups is 2. The molecule has 0 unspecified atom stereocenters. The van der Waals surface area contributed by atoms with E-state index in [9.17, 15) is 18.0 Å². The summed E-state index contributed by atoms with van der Waals surface area (Å²) in [5.74, 6) is -0.00830. The van der Waals surface area contributed by atoms with E-state index in [0.717, 1.165) is 52.9 Å². The summed E-state index contributed by atoms with van der Waals surface area (Å²) in [4.78, 5) is 28.2. The van der Waals surface area contributed by atoms with Crippen LogP contribution in [0.25, 0.3) is 0 Å². The van der Waals surface area contributed by atoms with Crippen molar-refractivity contribution >= 4 is 27.5 Å². The predicted octanol–water partition coefficient (Wildman–Crippen LogP) is 3.55. The number of hydrogen-bond acceptors (Lipinski definition) is 5. The molecule has 1 atom stereocenters. The molecule has 0 bridgehead atoms. The molecule has 36 heavy (non-hydrogen) atoms. The number of anilines is 1. The molecule has 1 N–H and O–H groups in total. The second kappa shape index (κ2) is 11.8. The quantitative estimate of drug-likeness (QED) is 0.522. The average Bonchev–Trinajstić information content (AvgIpc) is 3.35. The Morgan fingerprint density at radius 3 is 2.25 bits per heavy atom.